The molecule has 1 saturated heterocycles. The van der Waals surface area contributed by atoms with E-state index < -0.39 is 42.6 Å². The van der Waals surface area contributed by atoms with Gasteiger partial charge in [-0.15, -0.1) is 13.2 Å². The van der Waals surface area contributed by atoms with Crippen LogP contribution in [0.2, 0.25) is 0 Å². The Labute approximate surface area is 261 Å². The number of aliphatic carboxylic acids is 1. The van der Waals surface area contributed by atoms with Gasteiger partial charge >= 0.3 is 12.3 Å². The first kappa shape index (κ1) is 35.2. The molecule has 1 N–H and O–H groups in total. The molecule has 11 heteroatoms. The van der Waals surface area contributed by atoms with Crippen molar-refractivity contribution in [1.82, 2.24) is 9.80 Å². The van der Waals surface area contributed by atoms with Crippen molar-refractivity contribution in [3.05, 3.63) is 70.0 Å². The molecule has 0 bridgehead atoms. The fourth-order valence-corrected chi connectivity index (χ4v) is 7.19. The van der Waals surface area contributed by atoms with Crippen molar-refractivity contribution in [2.75, 3.05) is 33.2 Å². The number of nitrogens with zero attached hydrogens (tertiary/aromatic N) is 2. The van der Waals surface area contributed by atoms with Crippen molar-refractivity contribution in [2.45, 2.75) is 101 Å². The van der Waals surface area contributed by atoms with Crippen LogP contribution < -0.4 is 0 Å². The molecular weight excluding hydrogens is 598 g/mol. The first-order valence-electron chi connectivity index (χ1n) is 15.9. The Kier molecular flexibility index (Phi) is 12.4. The quantitative estimate of drug-likeness (QED) is 0.222. The number of hydrogen-bond acceptors (Lipinski definition) is 4. The van der Waals surface area contributed by atoms with Crippen molar-refractivity contribution in [3.8, 4) is 0 Å². The lowest BCUT2D eigenvalue weighted by Gasteiger charge is -2.34. The molecule has 2 atom stereocenters. The summed E-state index contributed by atoms with van der Waals surface area (Å²) in [5.41, 5.74) is 2.27. The Morgan fingerprint density at radius 3 is 2.33 bits per heavy atom. The Hall–Kier alpha value is -2.63. The summed E-state index contributed by atoms with van der Waals surface area (Å²) in [6.07, 6.45) is -2.81. The lowest BCUT2D eigenvalue weighted by Crippen LogP contribution is -2.35. The number of halogens is 6. The summed E-state index contributed by atoms with van der Waals surface area (Å²) >= 11 is 0. The number of piperidine rings is 1. The van der Waals surface area contributed by atoms with E-state index in [0.29, 0.717) is 37.8 Å². The average molecular weight is 643 g/mol. The standard InChI is InChI=1S/C34H44F6N2O3/c1-22-7-6-8-27(30(22)24-9-12-26(13-10-24)45-34(38,39)40)31(33(43)44)41(2)19-15-23(16-20-42-17-4-3-5-18-42)28-21-25(32(36)37)11-14-29(28)35/h6-8,11,14,21,23-24,26,31-32H,3-5,9-10,12-13,15-20H2,1-2H3,(H,43,44)/t23-,24?,26?,31?/m1/s1. The highest BCUT2D eigenvalue weighted by molar-refractivity contribution is 5.76. The van der Waals surface area contributed by atoms with Gasteiger partial charge in [-0.2, -0.15) is 0 Å². The number of alkyl halides is 5. The van der Waals surface area contributed by atoms with Crippen molar-refractivity contribution >= 4 is 5.97 Å². The van der Waals surface area contributed by atoms with Crippen LogP contribution in [0.15, 0.2) is 36.4 Å². The third kappa shape index (κ3) is 9.68. The highest BCUT2D eigenvalue weighted by Gasteiger charge is 2.37. The zero-order valence-corrected chi connectivity index (χ0v) is 26.0. The fourth-order valence-electron chi connectivity index (χ4n) is 7.19. The van der Waals surface area contributed by atoms with Crippen LogP contribution in [0.4, 0.5) is 26.3 Å². The van der Waals surface area contributed by atoms with Crippen LogP contribution in [-0.4, -0.2) is 66.6 Å². The van der Waals surface area contributed by atoms with Gasteiger partial charge in [0.2, 0.25) is 0 Å². The predicted molar refractivity (Wildman–Crippen MR) is 160 cm³/mol. The van der Waals surface area contributed by atoms with Crippen LogP contribution in [0.5, 0.6) is 0 Å². The smallest absolute Gasteiger partial charge is 0.480 e. The molecule has 2 aromatic carbocycles. The molecule has 5 nitrogen and oxygen atoms in total. The molecule has 2 fully saturated rings. The van der Waals surface area contributed by atoms with Crippen LogP contribution >= 0.6 is 0 Å². The number of carboxylic acids is 1. The first-order chi connectivity index (χ1) is 21.3. The molecule has 4 rings (SSSR count). The highest BCUT2D eigenvalue weighted by Crippen LogP contribution is 2.41. The zero-order chi connectivity index (χ0) is 32.7. The summed E-state index contributed by atoms with van der Waals surface area (Å²) in [4.78, 5) is 16.8. The van der Waals surface area contributed by atoms with Gasteiger partial charge < -0.3 is 10.0 Å². The SMILES string of the molecule is Cc1cccc(C(C(=O)O)N(C)CC[C@H](CCN2CCCCC2)c2cc(C(F)F)ccc2F)c1C1CCC(OC(F)(F)F)CC1. The largest absolute Gasteiger partial charge is 0.522 e. The van der Waals surface area contributed by atoms with Gasteiger partial charge in [0.1, 0.15) is 11.9 Å². The lowest BCUT2D eigenvalue weighted by atomic mass is 9.77. The molecule has 2 aliphatic rings. The van der Waals surface area contributed by atoms with Gasteiger partial charge in [-0.05, 0) is 138 Å². The molecular formula is C34H44F6N2O3. The third-order valence-corrected chi connectivity index (χ3v) is 9.49. The summed E-state index contributed by atoms with van der Waals surface area (Å²) in [6, 6.07) is 7.79. The number of carbonyl (C=O) groups is 1. The van der Waals surface area contributed by atoms with Crippen LogP contribution in [0.25, 0.3) is 0 Å². The van der Waals surface area contributed by atoms with E-state index in [0.717, 1.165) is 55.6 Å². The minimum absolute atomic E-state index is 0.118. The monoisotopic (exact) mass is 642 g/mol. The van der Waals surface area contributed by atoms with E-state index in [-0.39, 0.29) is 36.4 Å². The maximum atomic E-state index is 15.1. The third-order valence-electron chi connectivity index (χ3n) is 9.49. The zero-order valence-electron chi connectivity index (χ0n) is 26.0. The van der Waals surface area contributed by atoms with E-state index in [2.05, 4.69) is 9.64 Å². The van der Waals surface area contributed by atoms with Crippen LogP contribution in [0.3, 0.4) is 0 Å². The number of benzene rings is 2. The topological polar surface area (TPSA) is 53.0 Å². The van der Waals surface area contributed by atoms with Crippen molar-refractivity contribution in [3.63, 3.8) is 0 Å². The number of aryl methyl sites for hydroxylation is 1. The van der Waals surface area contributed by atoms with Crippen LogP contribution in [0.1, 0.15) is 110 Å². The second-order valence-electron chi connectivity index (χ2n) is 12.6. The van der Waals surface area contributed by atoms with Crippen LogP contribution in [0, 0.1) is 12.7 Å². The molecule has 1 aliphatic carbocycles. The summed E-state index contributed by atoms with van der Waals surface area (Å²) in [7, 11) is 1.69. The van der Waals surface area contributed by atoms with Gasteiger partial charge in [0.05, 0.1) is 6.10 Å². The molecule has 0 spiro atoms. The molecule has 0 radical (unpaired) electrons. The van der Waals surface area contributed by atoms with Gasteiger partial charge in [-0.1, -0.05) is 30.7 Å². The normalized spacial score (nSPS) is 21.3. The number of likely N-dealkylation sites (N-methyl/N-ethyl adjacent to an activating group) is 1. The van der Waals surface area contributed by atoms with E-state index in [4.69, 9.17) is 0 Å². The molecule has 45 heavy (non-hydrogen) atoms. The molecule has 250 valence electrons. The molecule has 1 unspecified atom stereocenters. The van der Waals surface area contributed by atoms with E-state index in [1.165, 1.54) is 6.07 Å². The van der Waals surface area contributed by atoms with E-state index in [1.807, 2.05) is 13.0 Å². The summed E-state index contributed by atoms with van der Waals surface area (Å²) in [5.74, 6) is -2.14. The Morgan fingerprint density at radius 2 is 1.71 bits per heavy atom. The second kappa shape index (κ2) is 15.8. The molecule has 2 aromatic rings. The molecule has 1 aliphatic heterocycles. The van der Waals surface area contributed by atoms with Crippen LogP contribution in [-0.2, 0) is 9.53 Å². The summed E-state index contributed by atoms with van der Waals surface area (Å²) in [5, 5.41) is 10.4. The number of hydrogen-bond donors (Lipinski definition) is 1. The molecule has 1 heterocycles. The number of carboxylic acid groups (broad SMARTS) is 1. The van der Waals surface area contributed by atoms with Crippen molar-refractivity contribution in [2.24, 2.45) is 0 Å². The highest BCUT2D eigenvalue weighted by atomic mass is 19.4. The Bertz CT molecular complexity index is 1260. The summed E-state index contributed by atoms with van der Waals surface area (Å²) in [6.45, 7) is 4.71. The van der Waals surface area contributed by atoms with Gasteiger partial charge in [-0.3, -0.25) is 14.4 Å². The average Bonchev–Trinajstić information content (AvgIpc) is 2.98. The maximum Gasteiger partial charge on any atom is 0.522 e. The summed E-state index contributed by atoms with van der Waals surface area (Å²) < 4.78 is 84.8. The number of rotatable bonds is 13. The minimum Gasteiger partial charge on any atom is -0.480 e. The van der Waals surface area contributed by atoms with E-state index in [1.54, 1.807) is 24.1 Å². The second-order valence-corrected chi connectivity index (χ2v) is 12.6. The van der Waals surface area contributed by atoms with Gasteiger partial charge in [0, 0.05) is 5.56 Å². The number of likely N-dealkylation sites (tertiary alicyclic amines) is 1. The van der Waals surface area contributed by atoms with E-state index >= 15 is 4.39 Å². The fraction of sp³-hybridized carbons (Fsp3) is 0.618. The number of ether oxygens (including phenoxy) is 1. The van der Waals surface area contributed by atoms with Crippen molar-refractivity contribution < 1.29 is 41.0 Å². The van der Waals surface area contributed by atoms with Gasteiger partial charge in [-0.25, -0.2) is 13.2 Å². The van der Waals surface area contributed by atoms with Gasteiger partial charge in [0.15, 0.2) is 0 Å². The Balaban J connectivity index is 1.54. The van der Waals surface area contributed by atoms with Gasteiger partial charge in [0.25, 0.3) is 6.43 Å². The maximum absolute atomic E-state index is 15.1. The minimum atomic E-state index is -4.70. The Morgan fingerprint density at radius 1 is 1.02 bits per heavy atom. The molecule has 0 aromatic heterocycles. The lowest BCUT2D eigenvalue weighted by molar-refractivity contribution is -0.345. The molecule has 1 saturated carbocycles. The predicted octanol–water partition coefficient (Wildman–Crippen LogP) is 8.74. The molecule has 0 amide bonds. The first-order valence-corrected chi connectivity index (χ1v) is 15.9. The van der Waals surface area contributed by atoms with Crippen molar-refractivity contribution in [1.29, 1.82) is 0 Å². The van der Waals surface area contributed by atoms with E-state index in [9.17, 15) is 31.9 Å².